The second kappa shape index (κ2) is 18.4. The van der Waals surface area contributed by atoms with Gasteiger partial charge in [0.2, 0.25) is 17.5 Å². The molecule has 0 unspecified atom stereocenters. The number of halogens is 4. The fourth-order valence-electron chi connectivity index (χ4n) is 7.70. The number of ketones is 2. The van der Waals surface area contributed by atoms with Gasteiger partial charge in [0.15, 0.2) is 0 Å². The summed E-state index contributed by atoms with van der Waals surface area (Å²) in [7, 11) is 2.21. The number of piperazine rings is 1. The summed E-state index contributed by atoms with van der Waals surface area (Å²) < 4.78 is 39.6. The Labute approximate surface area is 357 Å². The number of oxazole rings is 1. The third-order valence-electron chi connectivity index (χ3n) is 11.4. The van der Waals surface area contributed by atoms with Gasteiger partial charge in [0.1, 0.15) is 22.8 Å². The smallest absolute Gasteiger partial charge is 0.475 e. The van der Waals surface area contributed by atoms with Gasteiger partial charge >= 0.3 is 18.2 Å². The molecule has 0 atom stereocenters. The Kier molecular flexibility index (Phi) is 13.2. The lowest BCUT2D eigenvalue weighted by Gasteiger charge is -2.38. The van der Waals surface area contributed by atoms with Crippen molar-refractivity contribution in [3.8, 4) is 17.3 Å². The Morgan fingerprint density at radius 3 is 2.00 bits per heavy atom. The zero-order valence-corrected chi connectivity index (χ0v) is 35.3. The lowest BCUT2D eigenvalue weighted by atomic mass is 9.96. The number of amides is 1. The zero-order valence-electron chi connectivity index (χ0n) is 34.6. The summed E-state index contributed by atoms with van der Waals surface area (Å²) >= 11 is 6.11. The van der Waals surface area contributed by atoms with Crippen molar-refractivity contribution in [1.82, 2.24) is 44.2 Å². The van der Waals surface area contributed by atoms with Crippen molar-refractivity contribution in [2.75, 3.05) is 92.1 Å². The molecule has 1 amide bonds. The van der Waals surface area contributed by atoms with Gasteiger partial charge in [-0.1, -0.05) is 23.7 Å². The van der Waals surface area contributed by atoms with Crippen LogP contribution in [0.4, 0.5) is 13.2 Å². The molecule has 5 fully saturated rings. The third kappa shape index (κ3) is 11.2. The molecule has 0 bridgehead atoms. The number of carbonyl (C=O) groups is 4. The number of alkyl halides is 3. The molecule has 1 N–H and O–H groups in total. The van der Waals surface area contributed by atoms with Gasteiger partial charge in [-0.3, -0.25) is 19.3 Å². The van der Waals surface area contributed by atoms with Gasteiger partial charge in [-0.15, -0.1) is 0 Å². The molecule has 19 heteroatoms. The van der Waals surface area contributed by atoms with Crippen LogP contribution in [0.5, 0.6) is 0 Å². The van der Waals surface area contributed by atoms with Gasteiger partial charge < -0.3 is 34.0 Å². The van der Waals surface area contributed by atoms with E-state index < -0.39 is 12.1 Å². The maximum Gasteiger partial charge on any atom is 0.490 e. The number of carboxylic acids is 1. The molecule has 9 rings (SSSR count). The van der Waals surface area contributed by atoms with E-state index >= 15 is 0 Å². The Morgan fingerprint density at radius 1 is 0.869 bits per heavy atom. The van der Waals surface area contributed by atoms with Crippen molar-refractivity contribution in [2.24, 2.45) is 5.92 Å². The quantitative estimate of drug-likeness (QED) is 0.231. The van der Waals surface area contributed by atoms with Crippen molar-refractivity contribution >= 4 is 35.0 Å². The summed E-state index contributed by atoms with van der Waals surface area (Å²) in [6.45, 7) is 16.4. The second-order valence-electron chi connectivity index (χ2n) is 16.2. The van der Waals surface area contributed by atoms with Gasteiger partial charge in [-0.05, 0) is 70.9 Å². The lowest BCUT2D eigenvalue weighted by molar-refractivity contribution is -0.192. The van der Waals surface area contributed by atoms with Crippen molar-refractivity contribution < 1.29 is 41.9 Å². The number of allylic oxidation sites excluding steroid dienone is 1. The molecule has 1 aliphatic carbocycles. The highest BCUT2D eigenvalue weighted by Gasteiger charge is 2.43. The number of benzene rings is 1. The van der Waals surface area contributed by atoms with Gasteiger partial charge in [-0.25, -0.2) is 4.79 Å². The topological polar surface area (TPSA) is 151 Å². The van der Waals surface area contributed by atoms with Crippen LogP contribution in [0.1, 0.15) is 36.4 Å². The number of carboxylic acid groups (broad SMARTS) is 1. The average molecular weight is 870 g/mol. The summed E-state index contributed by atoms with van der Waals surface area (Å²) in [5.41, 5.74) is 5.37. The second-order valence-corrected chi connectivity index (χ2v) is 16.7. The van der Waals surface area contributed by atoms with Gasteiger partial charge in [0.25, 0.3) is 0 Å². The van der Waals surface area contributed by atoms with Crippen molar-refractivity contribution in [3.63, 3.8) is 0 Å². The first-order chi connectivity index (χ1) is 29.0. The van der Waals surface area contributed by atoms with E-state index in [4.69, 9.17) is 30.9 Å². The predicted molar refractivity (Wildman–Crippen MR) is 219 cm³/mol. The highest BCUT2D eigenvalue weighted by molar-refractivity contribution is 6.30. The van der Waals surface area contributed by atoms with E-state index in [0.29, 0.717) is 46.7 Å². The van der Waals surface area contributed by atoms with Crippen LogP contribution in [-0.4, -0.2) is 171 Å². The van der Waals surface area contributed by atoms with Crippen LogP contribution in [-0.2, 0) is 25.6 Å². The van der Waals surface area contributed by atoms with E-state index in [9.17, 15) is 27.6 Å². The molecule has 6 aliphatic rings. The molecule has 7 heterocycles. The van der Waals surface area contributed by atoms with E-state index in [1.165, 1.54) is 32.0 Å². The number of hydrogen-bond donors (Lipinski definition) is 1. The van der Waals surface area contributed by atoms with Gasteiger partial charge in [-0.2, -0.15) is 27.9 Å². The average Bonchev–Trinajstić information content (AvgIpc) is 4.11. The maximum absolute atomic E-state index is 13.1. The molecule has 1 aromatic carbocycles. The van der Waals surface area contributed by atoms with E-state index in [-0.39, 0.29) is 17.5 Å². The van der Waals surface area contributed by atoms with E-state index in [2.05, 4.69) is 21.9 Å². The molecule has 61 heavy (non-hydrogen) atoms. The first kappa shape index (κ1) is 43.9. The predicted octanol–water partition coefficient (Wildman–Crippen LogP) is 4.03. The molecule has 328 valence electrons. The number of rotatable bonds is 10. The number of nitrogens with zero attached hydrogens (tertiary/aromatic N) is 9. The van der Waals surface area contributed by atoms with Crippen LogP contribution < -0.4 is 0 Å². The minimum atomic E-state index is -5.08. The highest BCUT2D eigenvalue weighted by atomic mass is 35.5. The van der Waals surface area contributed by atoms with E-state index in [1.807, 2.05) is 63.8 Å². The third-order valence-corrected chi connectivity index (χ3v) is 11.6. The van der Waals surface area contributed by atoms with Crippen molar-refractivity contribution in [1.29, 1.82) is 0 Å². The van der Waals surface area contributed by atoms with Crippen LogP contribution >= 0.6 is 11.6 Å². The number of Topliss-reactive ketones (excluding diaryl/α,β-unsaturated/α-hetero) is 1. The molecule has 0 saturated carbocycles. The minimum absolute atomic E-state index is 0.00546. The number of carbonyl (C=O) groups excluding carboxylic acids is 3. The van der Waals surface area contributed by atoms with Crippen LogP contribution in [0.25, 0.3) is 17.3 Å². The fraction of sp³-hybridized carbons (Fsp3) is 0.524. The SMILES string of the molecule is Cc1cc(C)n(-c2nc(-c3ccc(Cl)cc3)c(CCC(=O)N3CCN(CC4CCN(C)CC4)CC3)o2)n1.O=C(O)C(F)(F)F.O=C1C=C(N2CC2)C(=O)C(N2CC2)=C1N1CC1. The normalized spacial score (nSPS) is 19.6. The molecule has 0 spiro atoms. The molecule has 2 aromatic heterocycles. The van der Waals surface area contributed by atoms with Gasteiger partial charge in [0.05, 0.1) is 11.4 Å². The Balaban J connectivity index is 0.000000190. The first-order valence-corrected chi connectivity index (χ1v) is 21.0. The van der Waals surface area contributed by atoms with Crippen LogP contribution in [0.15, 0.2) is 57.9 Å². The number of piperidine rings is 1. The molecule has 5 aliphatic heterocycles. The maximum atomic E-state index is 13.1. The van der Waals surface area contributed by atoms with Crippen LogP contribution in [0.3, 0.4) is 0 Å². The summed E-state index contributed by atoms with van der Waals surface area (Å²) in [5, 5.41) is 12.3. The first-order valence-electron chi connectivity index (χ1n) is 20.6. The zero-order chi connectivity index (χ0) is 43.6. The Bertz CT molecular complexity index is 2170. The molecular formula is C42H51ClF3N9O6. The van der Waals surface area contributed by atoms with E-state index in [0.717, 1.165) is 101 Å². The largest absolute Gasteiger partial charge is 0.490 e. The standard InChI is InChI=1S/C28H37ClN6O2.C12H13N3O2.C2HF3O2/c1-20-18-21(2)35(31-20)28-30-27(23-4-6-24(29)7-5-23)25(37-28)8-9-26(36)34-16-14-33(15-17-34)19-22-10-12-32(3)13-11-22;16-9-7-8(13-1-2-13)12(17)11(15-5-6-15)10(9)14-3-4-14;3-2(4,5)1(6)7/h4-7,18,22H,8-17,19H2,1-3H3;7H,1-6H2;(H,6,7). The Morgan fingerprint density at radius 2 is 1.46 bits per heavy atom. The number of aryl methyl sites for hydroxylation is 3. The molecular weight excluding hydrogens is 819 g/mol. The van der Waals surface area contributed by atoms with Crippen LogP contribution in [0.2, 0.25) is 5.02 Å². The fourth-order valence-corrected chi connectivity index (χ4v) is 7.83. The molecule has 3 aromatic rings. The molecule has 0 radical (unpaired) electrons. The van der Waals surface area contributed by atoms with E-state index in [1.54, 1.807) is 4.68 Å². The number of likely N-dealkylation sites (tertiary alicyclic amines) is 1. The number of hydrogen-bond acceptors (Lipinski definition) is 12. The summed E-state index contributed by atoms with van der Waals surface area (Å²) in [6.07, 6.45) is -0.124. The number of aliphatic carboxylic acids is 1. The molecule has 5 saturated heterocycles. The summed E-state index contributed by atoms with van der Waals surface area (Å²) in [6, 6.07) is 9.95. The van der Waals surface area contributed by atoms with Crippen LogP contribution in [0, 0.1) is 19.8 Å². The summed E-state index contributed by atoms with van der Waals surface area (Å²) in [4.78, 5) is 64.2. The summed E-state index contributed by atoms with van der Waals surface area (Å²) in [5.74, 6) is -1.06. The minimum Gasteiger partial charge on any atom is -0.475 e. The lowest BCUT2D eigenvalue weighted by Crippen LogP contribution is -2.50. The Hall–Kier alpha value is -5.20. The highest BCUT2D eigenvalue weighted by Crippen LogP contribution is 2.34. The van der Waals surface area contributed by atoms with Gasteiger partial charge in [0, 0.05) is 107 Å². The number of aromatic nitrogens is 3. The molecule has 15 nitrogen and oxygen atoms in total. The van der Waals surface area contributed by atoms with Crippen molar-refractivity contribution in [2.45, 2.75) is 45.7 Å². The monoisotopic (exact) mass is 869 g/mol. The van der Waals surface area contributed by atoms with Crippen molar-refractivity contribution in [3.05, 3.63) is 75.7 Å².